The lowest BCUT2D eigenvalue weighted by atomic mass is 10.0. The highest BCUT2D eigenvalue weighted by molar-refractivity contribution is 7.11. The molecule has 2 N–H and O–H groups in total. The molecule has 0 spiro atoms. The highest BCUT2D eigenvalue weighted by atomic mass is 32.1. The Morgan fingerprint density at radius 3 is 2.67 bits per heavy atom. The van der Waals surface area contributed by atoms with Gasteiger partial charge >= 0.3 is 4.87 Å². The number of carbonyl (C=O) groups excluding carboxylic acids is 1. The molecule has 3 heterocycles. The molecule has 0 bridgehead atoms. The number of aromatic nitrogens is 3. The molecule has 3 aromatic rings. The summed E-state index contributed by atoms with van der Waals surface area (Å²) in [5.74, 6) is 0.553. The van der Waals surface area contributed by atoms with Crippen LogP contribution in [0.3, 0.4) is 0 Å². The molecule has 4 rings (SSSR count). The lowest BCUT2D eigenvalue weighted by Gasteiger charge is -2.18. The molecule has 30 heavy (non-hydrogen) atoms. The maximum atomic E-state index is 12.8. The molecule has 1 aliphatic rings. The summed E-state index contributed by atoms with van der Waals surface area (Å²) in [7, 11) is 1.99. The summed E-state index contributed by atoms with van der Waals surface area (Å²) in [6.07, 6.45) is 0. The van der Waals surface area contributed by atoms with Crippen molar-refractivity contribution >= 4 is 28.6 Å². The summed E-state index contributed by atoms with van der Waals surface area (Å²) >= 11 is 2.73. The number of ether oxygens (including phenoxy) is 1. The first kappa shape index (κ1) is 20.7. The average molecular weight is 446 g/mol. The first-order valence-corrected chi connectivity index (χ1v) is 11.2. The van der Waals surface area contributed by atoms with Crippen LogP contribution in [0, 0.1) is 13.8 Å². The van der Waals surface area contributed by atoms with Gasteiger partial charge in [-0.25, -0.2) is 10.1 Å². The van der Waals surface area contributed by atoms with Crippen LogP contribution in [-0.2, 0) is 6.61 Å². The molecule has 8 nitrogen and oxygen atoms in total. The van der Waals surface area contributed by atoms with Gasteiger partial charge in [-0.2, -0.15) is 5.10 Å². The first-order chi connectivity index (χ1) is 14.4. The number of H-pyrrole nitrogens is 1. The van der Waals surface area contributed by atoms with Crippen molar-refractivity contribution in [1.82, 2.24) is 25.4 Å². The third kappa shape index (κ3) is 4.61. The fraction of sp³-hybridized carbons (Fsp3) is 0.400. The lowest BCUT2D eigenvalue weighted by Crippen LogP contribution is -2.39. The Balaban J connectivity index is 1.38. The van der Waals surface area contributed by atoms with E-state index in [1.807, 2.05) is 20.9 Å². The highest BCUT2D eigenvalue weighted by Gasteiger charge is 2.35. The second-order valence-corrected chi connectivity index (χ2v) is 9.69. The summed E-state index contributed by atoms with van der Waals surface area (Å²) < 4.78 is 5.84. The molecule has 0 radical (unpaired) electrons. The van der Waals surface area contributed by atoms with Crippen LogP contribution >= 0.6 is 22.7 Å². The summed E-state index contributed by atoms with van der Waals surface area (Å²) in [6.45, 7) is 5.87. The summed E-state index contributed by atoms with van der Waals surface area (Å²) in [5.41, 5.74) is 1.56. The SMILES string of the molecule is Cc1nc(C)c(COc2ccc(C(=O)N[C@@H]3CN(C)C[C@@H]3c3n[nH]c(=O)s3)cc2)s1. The molecule has 1 saturated heterocycles. The smallest absolute Gasteiger partial charge is 0.322 e. The Bertz CT molecular complexity index is 1090. The average Bonchev–Trinajstić information content (AvgIpc) is 3.39. The second-order valence-electron chi connectivity index (χ2n) is 7.41. The third-order valence-corrected chi connectivity index (χ3v) is 7.00. The predicted octanol–water partition coefficient (Wildman–Crippen LogP) is 2.31. The molecule has 0 unspecified atom stereocenters. The Labute approximate surface area is 181 Å². The van der Waals surface area contributed by atoms with Crippen LogP contribution in [0.15, 0.2) is 29.1 Å². The van der Waals surface area contributed by atoms with Crippen LogP contribution in [0.25, 0.3) is 0 Å². The van der Waals surface area contributed by atoms with Gasteiger partial charge in [-0.3, -0.25) is 9.59 Å². The molecular weight excluding hydrogens is 422 g/mol. The number of hydrogen-bond acceptors (Lipinski definition) is 8. The van der Waals surface area contributed by atoms with E-state index in [0.29, 0.717) is 24.5 Å². The third-order valence-electron chi connectivity index (χ3n) is 5.08. The van der Waals surface area contributed by atoms with E-state index in [-0.39, 0.29) is 22.7 Å². The molecule has 2 atom stereocenters. The van der Waals surface area contributed by atoms with Crippen molar-refractivity contribution in [2.24, 2.45) is 0 Å². The van der Waals surface area contributed by atoms with E-state index in [4.69, 9.17) is 4.74 Å². The number of rotatable bonds is 6. The van der Waals surface area contributed by atoms with E-state index in [2.05, 4.69) is 25.4 Å². The molecule has 0 saturated carbocycles. The number of likely N-dealkylation sites (N-methyl/N-ethyl adjacent to an activating group) is 1. The monoisotopic (exact) mass is 445 g/mol. The first-order valence-electron chi connectivity index (χ1n) is 9.59. The zero-order valence-electron chi connectivity index (χ0n) is 17.0. The van der Waals surface area contributed by atoms with Crippen molar-refractivity contribution in [1.29, 1.82) is 0 Å². The molecule has 1 aromatic carbocycles. The largest absolute Gasteiger partial charge is 0.488 e. The maximum absolute atomic E-state index is 12.8. The van der Waals surface area contributed by atoms with Gasteiger partial charge in [0.2, 0.25) is 0 Å². The number of aromatic amines is 1. The van der Waals surface area contributed by atoms with Gasteiger partial charge in [0, 0.05) is 24.6 Å². The Morgan fingerprint density at radius 1 is 1.27 bits per heavy atom. The fourth-order valence-electron chi connectivity index (χ4n) is 3.61. The standard InChI is InChI=1S/C20H23N5O3S2/c1-11-17(29-12(2)21-11)10-28-14-6-4-13(5-7-14)18(26)22-16-9-25(3)8-15(16)19-23-24-20(27)30-19/h4-7,15-16H,8-10H2,1-3H3,(H,22,26)(H,24,27)/t15-,16+/m0/s1. The van der Waals surface area contributed by atoms with E-state index >= 15 is 0 Å². The van der Waals surface area contributed by atoms with E-state index < -0.39 is 0 Å². The van der Waals surface area contributed by atoms with Crippen LogP contribution < -0.4 is 14.9 Å². The number of carbonyl (C=O) groups is 1. The van der Waals surface area contributed by atoms with Gasteiger partial charge in [0.1, 0.15) is 17.4 Å². The number of nitrogens with one attached hydrogen (secondary N) is 2. The van der Waals surface area contributed by atoms with Gasteiger partial charge in [-0.05, 0) is 45.2 Å². The number of thiazole rings is 1. The Morgan fingerprint density at radius 2 is 2.03 bits per heavy atom. The van der Waals surface area contributed by atoms with Crippen molar-refractivity contribution in [3.05, 3.63) is 60.1 Å². The molecule has 2 aromatic heterocycles. The zero-order chi connectivity index (χ0) is 21.3. The lowest BCUT2D eigenvalue weighted by molar-refractivity contribution is 0.0935. The zero-order valence-corrected chi connectivity index (χ0v) is 18.6. The van der Waals surface area contributed by atoms with Gasteiger partial charge in [-0.1, -0.05) is 11.3 Å². The van der Waals surface area contributed by atoms with Crippen molar-refractivity contribution in [2.45, 2.75) is 32.4 Å². The number of likely N-dealkylation sites (tertiary alicyclic amines) is 1. The molecule has 1 fully saturated rings. The van der Waals surface area contributed by atoms with Gasteiger partial charge in [-0.15, -0.1) is 11.3 Å². The van der Waals surface area contributed by atoms with Crippen LogP contribution in [0.5, 0.6) is 5.75 Å². The predicted molar refractivity (Wildman–Crippen MR) is 117 cm³/mol. The molecule has 1 amide bonds. The van der Waals surface area contributed by atoms with Crippen molar-refractivity contribution in [3.63, 3.8) is 0 Å². The topological polar surface area (TPSA) is 100 Å². The number of nitrogens with zero attached hydrogens (tertiary/aromatic N) is 3. The van der Waals surface area contributed by atoms with E-state index in [1.165, 1.54) is 0 Å². The van der Waals surface area contributed by atoms with Gasteiger partial charge in [0.15, 0.2) is 0 Å². The molecule has 0 aliphatic carbocycles. The van der Waals surface area contributed by atoms with E-state index in [0.717, 1.165) is 38.5 Å². The van der Waals surface area contributed by atoms with Gasteiger partial charge in [0.25, 0.3) is 5.91 Å². The van der Waals surface area contributed by atoms with Crippen LogP contribution in [0.2, 0.25) is 0 Å². The second kappa shape index (κ2) is 8.66. The summed E-state index contributed by atoms with van der Waals surface area (Å²) in [6, 6.07) is 7.02. The fourth-order valence-corrected chi connectivity index (χ4v) is 5.22. The van der Waals surface area contributed by atoms with Crippen molar-refractivity contribution in [2.75, 3.05) is 20.1 Å². The molecule has 10 heteroatoms. The minimum atomic E-state index is -0.177. The molecular formula is C20H23N5O3S2. The maximum Gasteiger partial charge on any atom is 0.322 e. The quantitative estimate of drug-likeness (QED) is 0.604. The number of hydrogen-bond donors (Lipinski definition) is 2. The van der Waals surface area contributed by atoms with Crippen molar-refractivity contribution in [3.8, 4) is 5.75 Å². The highest BCUT2D eigenvalue weighted by Crippen LogP contribution is 2.27. The number of amides is 1. The summed E-state index contributed by atoms with van der Waals surface area (Å²) in [4.78, 5) is 31.7. The summed E-state index contributed by atoms with van der Waals surface area (Å²) in [5, 5.41) is 11.4. The van der Waals surface area contributed by atoms with Crippen LogP contribution in [-0.4, -0.2) is 52.2 Å². The molecule has 1 aliphatic heterocycles. The minimum absolute atomic E-state index is 0.00314. The van der Waals surface area contributed by atoms with Gasteiger partial charge < -0.3 is 15.0 Å². The van der Waals surface area contributed by atoms with E-state index in [9.17, 15) is 9.59 Å². The minimum Gasteiger partial charge on any atom is -0.488 e. The number of aryl methyl sites for hydroxylation is 2. The van der Waals surface area contributed by atoms with Crippen LogP contribution in [0.4, 0.5) is 0 Å². The van der Waals surface area contributed by atoms with E-state index in [1.54, 1.807) is 35.6 Å². The Kier molecular flexibility index (Phi) is 5.98. The van der Waals surface area contributed by atoms with Crippen molar-refractivity contribution < 1.29 is 9.53 Å². The Hall–Kier alpha value is -2.56. The van der Waals surface area contributed by atoms with Gasteiger partial charge in [0.05, 0.1) is 21.6 Å². The van der Waals surface area contributed by atoms with Crippen LogP contribution in [0.1, 0.15) is 36.9 Å². The number of benzene rings is 1. The normalized spacial score (nSPS) is 19.2. The molecule has 158 valence electrons.